The summed E-state index contributed by atoms with van der Waals surface area (Å²) in [5.74, 6) is 0.656. The van der Waals surface area contributed by atoms with Crippen molar-refractivity contribution in [3.63, 3.8) is 0 Å². The van der Waals surface area contributed by atoms with Gasteiger partial charge in [-0.2, -0.15) is 0 Å². The van der Waals surface area contributed by atoms with E-state index < -0.39 is 0 Å². The molecule has 0 radical (unpaired) electrons. The summed E-state index contributed by atoms with van der Waals surface area (Å²) < 4.78 is 5.23. The van der Waals surface area contributed by atoms with Crippen molar-refractivity contribution in [2.75, 3.05) is 18.2 Å². The lowest BCUT2D eigenvalue weighted by molar-refractivity contribution is 0.417. The van der Waals surface area contributed by atoms with Crippen LogP contribution in [-0.4, -0.2) is 12.1 Å². The Bertz CT molecular complexity index is 750. The number of hydrogen-bond acceptors (Lipinski definition) is 4. The third-order valence-electron chi connectivity index (χ3n) is 3.15. The second-order valence-corrected chi connectivity index (χ2v) is 4.46. The number of nitrogens with two attached hydrogens (primary N) is 1. The van der Waals surface area contributed by atoms with E-state index in [2.05, 4.69) is 10.3 Å². The molecule has 0 fully saturated rings. The Labute approximate surface area is 117 Å². The molecule has 1 heterocycles. The Morgan fingerprint density at radius 1 is 1.10 bits per heavy atom. The van der Waals surface area contributed by atoms with Gasteiger partial charge in [0.2, 0.25) is 0 Å². The third-order valence-corrected chi connectivity index (χ3v) is 3.15. The van der Waals surface area contributed by atoms with Crippen LogP contribution >= 0.6 is 0 Å². The molecule has 0 saturated carbocycles. The molecular formula is C16H15N3O. The van der Waals surface area contributed by atoms with Gasteiger partial charge in [0.15, 0.2) is 0 Å². The van der Waals surface area contributed by atoms with Crippen LogP contribution in [0.15, 0.2) is 54.7 Å². The maximum absolute atomic E-state index is 5.82. The van der Waals surface area contributed by atoms with Gasteiger partial charge in [-0.3, -0.25) is 4.98 Å². The van der Waals surface area contributed by atoms with Gasteiger partial charge in [0.05, 0.1) is 24.0 Å². The normalized spacial score (nSPS) is 10.4. The Hall–Kier alpha value is -2.75. The second-order valence-electron chi connectivity index (χ2n) is 4.46. The van der Waals surface area contributed by atoms with Gasteiger partial charge in [0, 0.05) is 23.3 Å². The van der Waals surface area contributed by atoms with E-state index in [1.807, 2.05) is 48.5 Å². The van der Waals surface area contributed by atoms with Crippen LogP contribution in [-0.2, 0) is 0 Å². The zero-order valence-electron chi connectivity index (χ0n) is 11.1. The highest BCUT2D eigenvalue weighted by atomic mass is 16.5. The lowest BCUT2D eigenvalue weighted by Crippen LogP contribution is -1.96. The lowest BCUT2D eigenvalue weighted by atomic mass is 10.2. The molecule has 0 aliphatic heterocycles. The largest absolute Gasteiger partial charge is 0.495 e. The first kappa shape index (κ1) is 12.3. The molecule has 20 heavy (non-hydrogen) atoms. The van der Waals surface area contributed by atoms with Gasteiger partial charge in [-0.1, -0.05) is 18.2 Å². The van der Waals surface area contributed by atoms with Crippen LogP contribution in [0.5, 0.6) is 5.75 Å². The molecule has 2 aromatic carbocycles. The fourth-order valence-electron chi connectivity index (χ4n) is 2.15. The number of nitrogens with one attached hydrogen (secondary N) is 1. The number of para-hydroxylation sites is 1. The van der Waals surface area contributed by atoms with E-state index in [-0.39, 0.29) is 0 Å². The Balaban J connectivity index is 2.01. The molecule has 0 aliphatic carbocycles. The number of pyridine rings is 1. The molecule has 4 heteroatoms. The number of aromatic nitrogens is 1. The second kappa shape index (κ2) is 5.09. The van der Waals surface area contributed by atoms with Gasteiger partial charge in [-0.25, -0.2) is 0 Å². The first-order valence-corrected chi connectivity index (χ1v) is 6.32. The van der Waals surface area contributed by atoms with Crippen molar-refractivity contribution >= 4 is 28.0 Å². The SMILES string of the molecule is COc1cc(Nc2cccc3cccnc23)ccc1N. The number of ether oxygens (including phenoxy) is 1. The summed E-state index contributed by atoms with van der Waals surface area (Å²) in [6.07, 6.45) is 1.79. The molecule has 4 nitrogen and oxygen atoms in total. The number of hydrogen-bond donors (Lipinski definition) is 2. The molecule has 0 bridgehead atoms. The summed E-state index contributed by atoms with van der Waals surface area (Å²) in [6, 6.07) is 15.6. The van der Waals surface area contributed by atoms with Crippen molar-refractivity contribution < 1.29 is 4.74 Å². The average Bonchev–Trinajstić information content (AvgIpc) is 2.49. The molecule has 0 aliphatic rings. The fourth-order valence-corrected chi connectivity index (χ4v) is 2.15. The van der Waals surface area contributed by atoms with Crippen LogP contribution in [0.1, 0.15) is 0 Å². The van der Waals surface area contributed by atoms with Gasteiger partial charge in [-0.15, -0.1) is 0 Å². The highest BCUT2D eigenvalue weighted by Gasteiger charge is 2.04. The number of benzene rings is 2. The third kappa shape index (κ3) is 2.23. The fraction of sp³-hybridized carbons (Fsp3) is 0.0625. The van der Waals surface area contributed by atoms with E-state index in [0.717, 1.165) is 22.3 Å². The Kier molecular flexibility index (Phi) is 3.13. The van der Waals surface area contributed by atoms with Crippen LogP contribution in [0, 0.1) is 0 Å². The van der Waals surface area contributed by atoms with Gasteiger partial charge in [-0.05, 0) is 24.3 Å². The minimum Gasteiger partial charge on any atom is -0.495 e. The molecular weight excluding hydrogens is 250 g/mol. The minimum absolute atomic E-state index is 0.620. The Morgan fingerprint density at radius 2 is 1.95 bits per heavy atom. The first-order chi connectivity index (χ1) is 9.78. The summed E-state index contributed by atoms with van der Waals surface area (Å²) in [5, 5.41) is 4.45. The van der Waals surface area contributed by atoms with E-state index in [0.29, 0.717) is 11.4 Å². The molecule has 3 rings (SSSR count). The predicted molar refractivity (Wildman–Crippen MR) is 82.4 cm³/mol. The van der Waals surface area contributed by atoms with E-state index in [1.165, 1.54) is 0 Å². The molecule has 0 saturated heterocycles. The summed E-state index contributed by atoms with van der Waals surface area (Å²) in [7, 11) is 1.61. The zero-order valence-corrected chi connectivity index (χ0v) is 11.1. The van der Waals surface area contributed by atoms with Crippen LogP contribution in [0.2, 0.25) is 0 Å². The van der Waals surface area contributed by atoms with E-state index in [9.17, 15) is 0 Å². The van der Waals surface area contributed by atoms with Gasteiger partial charge >= 0.3 is 0 Å². The average molecular weight is 265 g/mol. The van der Waals surface area contributed by atoms with E-state index in [4.69, 9.17) is 10.5 Å². The van der Waals surface area contributed by atoms with Crippen molar-refractivity contribution in [2.24, 2.45) is 0 Å². The van der Waals surface area contributed by atoms with E-state index in [1.54, 1.807) is 13.3 Å². The van der Waals surface area contributed by atoms with Crippen LogP contribution in [0.4, 0.5) is 17.1 Å². The molecule has 1 aromatic heterocycles. The molecule has 0 atom stereocenters. The number of methoxy groups -OCH3 is 1. The highest BCUT2D eigenvalue weighted by molar-refractivity contribution is 5.92. The zero-order chi connectivity index (χ0) is 13.9. The first-order valence-electron chi connectivity index (χ1n) is 6.32. The van der Waals surface area contributed by atoms with Gasteiger partial charge in [0.25, 0.3) is 0 Å². The van der Waals surface area contributed by atoms with Gasteiger partial charge in [0.1, 0.15) is 5.75 Å². The highest BCUT2D eigenvalue weighted by Crippen LogP contribution is 2.29. The topological polar surface area (TPSA) is 60.2 Å². The number of nitrogens with zero attached hydrogens (tertiary/aromatic N) is 1. The Morgan fingerprint density at radius 3 is 2.80 bits per heavy atom. The van der Waals surface area contributed by atoms with Crippen LogP contribution < -0.4 is 15.8 Å². The summed E-state index contributed by atoms with van der Waals surface area (Å²) in [5.41, 5.74) is 9.24. The number of anilines is 3. The molecule has 0 unspecified atom stereocenters. The standard InChI is InChI=1S/C16H15N3O/c1-20-15-10-12(7-8-13(15)17)19-14-6-2-4-11-5-3-9-18-16(11)14/h2-10,19H,17H2,1H3. The maximum Gasteiger partial charge on any atom is 0.143 e. The van der Waals surface area contributed by atoms with Crippen molar-refractivity contribution in [3.05, 3.63) is 54.7 Å². The smallest absolute Gasteiger partial charge is 0.143 e. The van der Waals surface area contributed by atoms with Crippen molar-refractivity contribution in [2.45, 2.75) is 0 Å². The van der Waals surface area contributed by atoms with Crippen LogP contribution in [0.25, 0.3) is 10.9 Å². The molecule has 0 amide bonds. The minimum atomic E-state index is 0.620. The quantitative estimate of drug-likeness (QED) is 0.711. The van der Waals surface area contributed by atoms with Gasteiger partial charge < -0.3 is 15.8 Å². The monoisotopic (exact) mass is 265 g/mol. The maximum atomic E-state index is 5.82. The van der Waals surface area contributed by atoms with Crippen molar-refractivity contribution in [1.29, 1.82) is 0 Å². The number of rotatable bonds is 3. The number of fused-ring (bicyclic) bond motifs is 1. The summed E-state index contributed by atoms with van der Waals surface area (Å²) >= 11 is 0. The predicted octanol–water partition coefficient (Wildman–Crippen LogP) is 3.57. The lowest BCUT2D eigenvalue weighted by Gasteiger charge is -2.11. The molecule has 0 spiro atoms. The summed E-state index contributed by atoms with van der Waals surface area (Å²) in [6.45, 7) is 0. The molecule has 3 aromatic rings. The van der Waals surface area contributed by atoms with Crippen LogP contribution in [0.3, 0.4) is 0 Å². The van der Waals surface area contributed by atoms with Crippen molar-refractivity contribution in [1.82, 2.24) is 4.98 Å². The molecule has 100 valence electrons. The number of nitrogen functional groups attached to an aromatic ring is 1. The molecule has 3 N–H and O–H groups in total. The summed E-state index contributed by atoms with van der Waals surface area (Å²) in [4.78, 5) is 4.42. The van der Waals surface area contributed by atoms with Crippen molar-refractivity contribution in [3.8, 4) is 5.75 Å². The van der Waals surface area contributed by atoms with E-state index >= 15 is 0 Å².